The Labute approximate surface area is 166 Å². The van der Waals surface area contributed by atoms with E-state index in [0.29, 0.717) is 25.7 Å². The summed E-state index contributed by atoms with van der Waals surface area (Å²) in [5.74, 6) is 0.815. The molecule has 0 saturated heterocycles. The van der Waals surface area contributed by atoms with Crippen molar-refractivity contribution in [2.45, 2.75) is 58.4 Å². The van der Waals surface area contributed by atoms with Crippen molar-refractivity contribution in [2.75, 3.05) is 32.6 Å². The van der Waals surface area contributed by atoms with E-state index < -0.39 is 10.0 Å². The van der Waals surface area contributed by atoms with E-state index in [1.54, 1.807) is 13.2 Å². The quantitative estimate of drug-likeness (QED) is 0.368. The Morgan fingerprint density at radius 3 is 2.63 bits per heavy atom. The van der Waals surface area contributed by atoms with E-state index in [-0.39, 0.29) is 5.75 Å². The maximum absolute atomic E-state index is 12.2. The van der Waals surface area contributed by atoms with Crippen LogP contribution in [0, 0.1) is 5.92 Å². The molecule has 0 aromatic carbocycles. The minimum Gasteiger partial charge on any atom is -0.383 e. The molecule has 1 rings (SSSR count). The van der Waals surface area contributed by atoms with Crippen LogP contribution in [0.15, 0.2) is 36.0 Å². The van der Waals surface area contributed by atoms with Gasteiger partial charge in [-0.2, -0.15) is 0 Å². The molecule has 2 N–H and O–H groups in total. The average Bonchev–Trinajstić information content (AvgIpc) is 2.62. The maximum Gasteiger partial charge on any atom is 0.215 e. The number of rotatable bonds is 13. The number of allylic oxidation sites excluding steroid dienone is 2. The molecule has 1 unspecified atom stereocenters. The van der Waals surface area contributed by atoms with Crippen molar-refractivity contribution in [3.05, 3.63) is 36.0 Å². The number of methoxy groups -OCH3 is 1. The molecule has 1 aliphatic rings. The van der Waals surface area contributed by atoms with E-state index in [2.05, 4.69) is 23.5 Å². The molecule has 0 aliphatic heterocycles. The summed E-state index contributed by atoms with van der Waals surface area (Å²) >= 11 is 0. The summed E-state index contributed by atoms with van der Waals surface area (Å²) in [5, 5.41) is 3.58. The third kappa shape index (κ3) is 10.8. The highest BCUT2D eigenvalue weighted by Crippen LogP contribution is 2.27. The molecule has 0 spiro atoms. The van der Waals surface area contributed by atoms with Crippen LogP contribution in [0.5, 0.6) is 0 Å². The molecule has 0 heterocycles. The normalized spacial score (nSPS) is 18.5. The van der Waals surface area contributed by atoms with Gasteiger partial charge in [-0.1, -0.05) is 62.5 Å². The Hall–Kier alpha value is -0.950. The van der Waals surface area contributed by atoms with Crippen molar-refractivity contribution < 1.29 is 13.2 Å². The summed E-state index contributed by atoms with van der Waals surface area (Å²) < 4.78 is 31.9. The Kier molecular flexibility index (Phi) is 11.8. The largest absolute Gasteiger partial charge is 0.383 e. The summed E-state index contributed by atoms with van der Waals surface area (Å²) in [6.45, 7) is 9.14. The van der Waals surface area contributed by atoms with Crippen LogP contribution >= 0.6 is 0 Å². The van der Waals surface area contributed by atoms with E-state index in [9.17, 15) is 8.42 Å². The van der Waals surface area contributed by atoms with Gasteiger partial charge in [-0.25, -0.2) is 13.1 Å². The summed E-state index contributed by atoms with van der Waals surface area (Å²) in [6, 6.07) is 0.421. The van der Waals surface area contributed by atoms with Crippen LogP contribution in [-0.4, -0.2) is 47.0 Å². The van der Waals surface area contributed by atoms with Crippen LogP contribution < -0.4 is 10.0 Å². The lowest BCUT2D eigenvalue weighted by Crippen LogP contribution is -2.32. The fourth-order valence-corrected chi connectivity index (χ4v) is 4.81. The molecular formula is C21H38N2O3S. The molecule has 0 amide bonds. The highest BCUT2D eigenvalue weighted by atomic mass is 32.2. The lowest BCUT2D eigenvalue weighted by molar-refractivity contribution is 0.204. The van der Waals surface area contributed by atoms with E-state index in [1.165, 1.54) is 38.5 Å². The SMILES string of the molecule is C=C/C=C\C(CNC(C)CC1CCCCC1)=C(/C)CS(=O)(=O)NCCOC. The first-order valence-corrected chi connectivity index (χ1v) is 11.7. The van der Waals surface area contributed by atoms with Crippen molar-refractivity contribution in [3.8, 4) is 0 Å². The molecule has 1 atom stereocenters. The Balaban J connectivity index is 2.64. The predicted octanol–water partition coefficient (Wildman–Crippen LogP) is 3.56. The molecule has 6 heteroatoms. The maximum atomic E-state index is 12.2. The number of ether oxygens (including phenoxy) is 1. The van der Waals surface area contributed by atoms with E-state index >= 15 is 0 Å². The van der Waals surface area contributed by atoms with Crippen LogP contribution in [0.4, 0.5) is 0 Å². The van der Waals surface area contributed by atoms with Gasteiger partial charge in [0.15, 0.2) is 0 Å². The first-order valence-electron chi connectivity index (χ1n) is 10.0. The topological polar surface area (TPSA) is 67.4 Å². The summed E-state index contributed by atoms with van der Waals surface area (Å²) in [7, 11) is -1.81. The van der Waals surface area contributed by atoms with E-state index in [4.69, 9.17) is 4.74 Å². The smallest absolute Gasteiger partial charge is 0.215 e. The van der Waals surface area contributed by atoms with Crippen molar-refractivity contribution in [1.29, 1.82) is 0 Å². The van der Waals surface area contributed by atoms with Crippen LogP contribution in [0.3, 0.4) is 0 Å². The van der Waals surface area contributed by atoms with Gasteiger partial charge < -0.3 is 10.1 Å². The zero-order valence-corrected chi connectivity index (χ0v) is 18.1. The lowest BCUT2D eigenvalue weighted by Gasteiger charge is -2.25. The van der Waals surface area contributed by atoms with E-state index in [0.717, 1.165) is 17.1 Å². The third-order valence-electron chi connectivity index (χ3n) is 5.07. The fraction of sp³-hybridized carbons (Fsp3) is 0.714. The highest BCUT2D eigenvalue weighted by Gasteiger charge is 2.17. The Morgan fingerprint density at radius 1 is 1.30 bits per heavy atom. The second-order valence-electron chi connectivity index (χ2n) is 7.57. The molecule has 0 aromatic rings. The van der Waals surface area contributed by atoms with Gasteiger partial charge in [0.05, 0.1) is 12.4 Å². The summed E-state index contributed by atoms with van der Waals surface area (Å²) in [6.07, 6.45) is 13.5. The highest BCUT2D eigenvalue weighted by molar-refractivity contribution is 7.89. The predicted molar refractivity (Wildman–Crippen MR) is 114 cm³/mol. The van der Waals surface area contributed by atoms with Gasteiger partial charge >= 0.3 is 0 Å². The Morgan fingerprint density at radius 2 is 2.00 bits per heavy atom. The van der Waals surface area contributed by atoms with Gasteiger partial charge in [-0.15, -0.1) is 0 Å². The minimum absolute atomic E-state index is 0.00772. The number of hydrogen-bond acceptors (Lipinski definition) is 4. The first kappa shape index (κ1) is 24.1. The van der Waals surface area contributed by atoms with E-state index in [1.807, 2.05) is 19.1 Å². The van der Waals surface area contributed by atoms with Gasteiger partial charge in [-0.3, -0.25) is 0 Å². The molecule has 5 nitrogen and oxygen atoms in total. The van der Waals surface area contributed by atoms with Gasteiger partial charge in [0.1, 0.15) is 0 Å². The van der Waals surface area contributed by atoms with Gasteiger partial charge in [0, 0.05) is 26.2 Å². The van der Waals surface area contributed by atoms with Crippen LogP contribution in [0.25, 0.3) is 0 Å². The van der Waals surface area contributed by atoms with Crippen molar-refractivity contribution in [3.63, 3.8) is 0 Å². The second-order valence-corrected chi connectivity index (χ2v) is 9.38. The lowest BCUT2D eigenvalue weighted by atomic mass is 9.85. The molecular weight excluding hydrogens is 360 g/mol. The minimum atomic E-state index is -3.36. The van der Waals surface area contributed by atoms with Crippen molar-refractivity contribution in [1.82, 2.24) is 10.0 Å². The van der Waals surface area contributed by atoms with Crippen LogP contribution in [-0.2, 0) is 14.8 Å². The van der Waals surface area contributed by atoms with Crippen molar-refractivity contribution in [2.24, 2.45) is 5.92 Å². The molecule has 156 valence electrons. The third-order valence-corrected chi connectivity index (χ3v) is 6.53. The number of hydrogen-bond donors (Lipinski definition) is 2. The summed E-state index contributed by atoms with van der Waals surface area (Å²) in [4.78, 5) is 0. The van der Waals surface area contributed by atoms with Crippen molar-refractivity contribution >= 4 is 10.0 Å². The molecule has 1 aliphatic carbocycles. The zero-order chi connectivity index (χ0) is 20.1. The van der Waals surface area contributed by atoms with Crippen LogP contribution in [0.2, 0.25) is 0 Å². The standard InChI is InChI=1S/C21H38N2O3S/c1-5-6-12-21(18(2)17-27(24,25)23-13-14-26-4)16-22-19(3)15-20-10-8-7-9-11-20/h5-6,12,19-20,22-23H,1,7-11,13-17H2,2-4H3/b12-6-,21-18-. The summed E-state index contributed by atoms with van der Waals surface area (Å²) in [5.41, 5.74) is 1.85. The monoisotopic (exact) mass is 398 g/mol. The van der Waals surface area contributed by atoms with Gasteiger partial charge in [-0.05, 0) is 31.8 Å². The molecule has 0 bridgehead atoms. The zero-order valence-electron chi connectivity index (χ0n) is 17.3. The molecule has 0 radical (unpaired) electrons. The fourth-order valence-electron chi connectivity index (χ4n) is 3.55. The second kappa shape index (κ2) is 13.3. The van der Waals surface area contributed by atoms with Gasteiger partial charge in [0.25, 0.3) is 0 Å². The van der Waals surface area contributed by atoms with Crippen LogP contribution in [0.1, 0.15) is 52.4 Å². The number of nitrogens with one attached hydrogen (secondary N) is 2. The molecule has 0 aromatic heterocycles. The molecule has 1 fully saturated rings. The Bertz CT molecular complexity index is 591. The molecule has 1 saturated carbocycles. The average molecular weight is 399 g/mol. The number of sulfonamides is 1. The first-order chi connectivity index (χ1) is 12.9. The molecule has 27 heavy (non-hydrogen) atoms. The van der Waals surface area contributed by atoms with Gasteiger partial charge in [0.2, 0.25) is 10.0 Å².